The van der Waals surface area contributed by atoms with Crippen molar-refractivity contribution in [1.82, 2.24) is 4.98 Å². The quantitative estimate of drug-likeness (QED) is 0.769. The molecule has 0 bridgehead atoms. The molecule has 1 atom stereocenters. The van der Waals surface area contributed by atoms with E-state index in [1.807, 2.05) is 68.6 Å². The van der Waals surface area contributed by atoms with Crippen molar-refractivity contribution in [1.29, 1.82) is 0 Å². The highest BCUT2D eigenvalue weighted by Gasteiger charge is 2.14. The van der Waals surface area contributed by atoms with Crippen LogP contribution in [0.15, 0.2) is 72.9 Å². The van der Waals surface area contributed by atoms with Crippen LogP contribution in [0.25, 0.3) is 0 Å². The number of hydrogen-bond donors (Lipinski definition) is 1. The molecule has 3 aromatic rings. The molecule has 0 aliphatic heterocycles. The molecule has 0 amide bonds. The number of aromatic nitrogens is 1. The highest BCUT2D eigenvalue weighted by atomic mass is 16.3. The molecule has 0 radical (unpaired) electrons. The SMILES string of the molecule is Cc1cc([C@@H](O)c2ccccc2)cnc1N(C)Cc1ccccc1. The summed E-state index contributed by atoms with van der Waals surface area (Å²) in [6.07, 6.45) is 1.12. The van der Waals surface area contributed by atoms with Gasteiger partial charge in [-0.05, 0) is 29.7 Å². The van der Waals surface area contributed by atoms with Gasteiger partial charge in [0.1, 0.15) is 11.9 Å². The Morgan fingerprint density at radius 1 is 0.958 bits per heavy atom. The van der Waals surface area contributed by atoms with Crippen LogP contribution in [0.1, 0.15) is 28.4 Å². The van der Waals surface area contributed by atoms with Gasteiger partial charge in [-0.2, -0.15) is 0 Å². The zero-order valence-corrected chi connectivity index (χ0v) is 14.1. The van der Waals surface area contributed by atoms with Crippen molar-refractivity contribution in [2.45, 2.75) is 19.6 Å². The number of pyridine rings is 1. The molecule has 0 saturated heterocycles. The summed E-state index contributed by atoms with van der Waals surface area (Å²) in [5, 5.41) is 10.5. The highest BCUT2D eigenvalue weighted by Crippen LogP contribution is 2.25. The molecule has 3 nitrogen and oxygen atoms in total. The molecule has 122 valence electrons. The Morgan fingerprint density at radius 3 is 2.21 bits per heavy atom. The molecule has 0 aliphatic carbocycles. The molecule has 0 fully saturated rings. The zero-order chi connectivity index (χ0) is 16.9. The summed E-state index contributed by atoms with van der Waals surface area (Å²) < 4.78 is 0. The molecule has 0 spiro atoms. The third-order valence-corrected chi connectivity index (χ3v) is 4.13. The van der Waals surface area contributed by atoms with Gasteiger partial charge in [-0.1, -0.05) is 60.7 Å². The Bertz CT molecular complexity index is 787. The fourth-order valence-electron chi connectivity index (χ4n) is 2.90. The van der Waals surface area contributed by atoms with Gasteiger partial charge in [0, 0.05) is 25.4 Å². The van der Waals surface area contributed by atoms with Crippen molar-refractivity contribution >= 4 is 5.82 Å². The van der Waals surface area contributed by atoms with Gasteiger partial charge in [-0.15, -0.1) is 0 Å². The van der Waals surface area contributed by atoms with E-state index in [2.05, 4.69) is 22.0 Å². The second kappa shape index (κ2) is 7.28. The second-order valence-corrected chi connectivity index (χ2v) is 6.06. The van der Waals surface area contributed by atoms with E-state index in [4.69, 9.17) is 0 Å². The Hall–Kier alpha value is -2.65. The van der Waals surface area contributed by atoms with Crippen LogP contribution < -0.4 is 4.90 Å². The average Bonchev–Trinajstić information content (AvgIpc) is 2.62. The molecule has 1 aromatic heterocycles. The average molecular weight is 318 g/mol. The van der Waals surface area contributed by atoms with Crippen LogP contribution in [0.4, 0.5) is 5.82 Å². The molecule has 3 heteroatoms. The largest absolute Gasteiger partial charge is 0.384 e. The Morgan fingerprint density at radius 2 is 1.58 bits per heavy atom. The number of nitrogens with zero attached hydrogens (tertiary/aromatic N) is 2. The number of aryl methyl sites for hydroxylation is 1. The fourth-order valence-corrected chi connectivity index (χ4v) is 2.90. The predicted octanol–water partition coefficient (Wildman–Crippen LogP) is 4.11. The lowest BCUT2D eigenvalue weighted by molar-refractivity contribution is 0.220. The van der Waals surface area contributed by atoms with Crippen LogP contribution in [0, 0.1) is 6.92 Å². The van der Waals surface area contributed by atoms with E-state index in [0.717, 1.165) is 29.1 Å². The van der Waals surface area contributed by atoms with Crippen LogP contribution in [0.2, 0.25) is 0 Å². The summed E-state index contributed by atoms with van der Waals surface area (Å²) in [4.78, 5) is 6.72. The Kier molecular flexibility index (Phi) is 4.92. The summed E-state index contributed by atoms with van der Waals surface area (Å²) in [7, 11) is 2.04. The van der Waals surface area contributed by atoms with Crippen LogP contribution in [-0.2, 0) is 6.54 Å². The minimum absolute atomic E-state index is 0.647. The summed E-state index contributed by atoms with van der Waals surface area (Å²) in [6.45, 7) is 2.83. The highest BCUT2D eigenvalue weighted by molar-refractivity contribution is 5.48. The van der Waals surface area contributed by atoms with Gasteiger partial charge >= 0.3 is 0 Å². The smallest absolute Gasteiger partial charge is 0.131 e. The number of benzene rings is 2. The minimum atomic E-state index is -0.647. The molecule has 1 N–H and O–H groups in total. The minimum Gasteiger partial charge on any atom is -0.384 e. The van der Waals surface area contributed by atoms with Gasteiger partial charge in [-0.3, -0.25) is 0 Å². The Balaban J connectivity index is 1.79. The number of aliphatic hydroxyl groups excluding tert-OH is 1. The standard InChI is InChI=1S/C21H22N2O/c1-16-13-19(20(24)18-11-7-4-8-12-18)14-22-21(16)23(2)15-17-9-5-3-6-10-17/h3-14,20,24H,15H2,1-2H3/t20-/m0/s1. The summed E-state index contributed by atoms with van der Waals surface area (Å²) in [5.41, 5.74) is 4.00. The molecule has 0 aliphatic rings. The van der Waals surface area contributed by atoms with E-state index in [1.54, 1.807) is 6.20 Å². The molecule has 24 heavy (non-hydrogen) atoms. The first kappa shape index (κ1) is 16.2. The van der Waals surface area contributed by atoms with Gasteiger partial charge in [-0.25, -0.2) is 4.98 Å². The van der Waals surface area contributed by atoms with E-state index in [-0.39, 0.29) is 0 Å². The molecule has 0 unspecified atom stereocenters. The van der Waals surface area contributed by atoms with Crippen LogP contribution in [0.5, 0.6) is 0 Å². The van der Waals surface area contributed by atoms with E-state index in [0.29, 0.717) is 0 Å². The first-order valence-electron chi connectivity index (χ1n) is 8.10. The lowest BCUT2D eigenvalue weighted by atomic mass is 10.0. The lowest BCUT2D eigenvalue weighted by Gasteiger charge is -2.21. The topological polar surface area (TPSA) is 36.4 Å². The third kappa shape index (κ3) is 3.63. The summed E-state index contributed by atoms with van der Waals surface area (Å²) in [5.74, 6) is 0.933. The van der Waals surface area contributed by atoms with Crippen LogP contribution >= 0.6 is 0 Å². The maximum Gasteiger partial charge on any atom is 0.131 e. The van der Waals surface area contributed by atoms with Crippen molar-refractivity contribution < 1.29 is 5.11 Å². The van der Waals surface area contributed by atoms with E-state index >= 15 is 0 Å². The normalized spacial score (nSPS) is 12.0. The molecule has 3 rings (SSSR count). The summed E-state index contributed by atoms with van der Waals surface area (Å²) in [6, 6.07) is 22.0. The third-order valence-electron chi connectivity index (χ3n) is 4.13. The van der Waals surface area contributed by atoms with Crippen molar-refractivity contribution in [3.05, 3.63) is 95.2 Å². The van der Waals surface area contributed by atoms with Gasteiger partial charge in [0.25, 0.3) is 0 Å². The van der Waals surface area contributed by atoms with Gasteiger partial charge in [0.15, 0.2) is 0 Å². The number of hydrogen-bond acceptors (Lipinski definition) is 3. The monoisotopic (exact) mass is 318 g/mol. The van der Waals surface area contributed by atoms with E-state index in [1.165, 1.54) is 5.56 Å². The Labute approximate surface area is 143 Å². The summed E-state index contributed by atoms with van der Waals surface area (Å²) >= 11 is 0. The predicted molar refractivity (Wildman–Crippen MR) is 98.0 cm³/mol. The first-order valence-corrected chi connectivity index (χ1v) is 8.10. The molecular weight excluding hydrogens is 296 g/mol. The zero-order valence-electron chi connectivity index (χ0n) is 14.1. The number of aliphatic hydroxyl groups is 1. The number of anilines is 1. The van der Waals surface area contributed by atoms with Crippen molar-refractivity contribution in [2.75, 3.05) is 11.9 Å². The maximum absolute atomic E-state index is 10.5. The van der Waals surface area contributed by atoms with Crippen molar-refractivity contribution in [2.24, 2.45) is 0 Å². The second-order valence-electron chi connectivity index (χ2n) is 6.06. The van der Waals surface area contributed by atoms with Crippen LogP contribution in [-0.4, -0.2) is 17.1 Å². The molecule has 0 saturated carbocycles. The van der Waals surface area contributed by atoms with E-state index in [9.17, 15) is 5.11 Å². The fraction of sp³-hybridized carbons (Fsp3) is 0.190. The van der Waals surface area contributed by atoms with Crippen molar-refractivity contribution in [3.8, 4) is 0 Å². The first-order chi connectivity index (χ1) is 11.6. The maximum atomic E-state index is 10.5. The van der Waals surface area contributed by atoms with Gasteiger partial charge in [0.2, 0.25) is 0 Å². The molecular formula is C21H22N2O. The van der Waals surface area contributed by atoms with Crippen molar-refractivity contribution in [3.63, 3.8) is 0 Å². The molecule has 2 aromatic carbocycles. The van der Waals surface area contributed by atoms with Gasteiger partial charge < -0.3 is 10.0 Å². The van der Waals surface area contributed by atoms with Gasteiger partial charge in [0.05, 0.1) is 0 Å². The molecule has 1 heterocycles. The lowest BCUT2D eigenvalue weighted by Crippen LogP contribution is -2.19. The van der Waals surface area contributed by atoms with E-state index < -0.39 is 6.10 Å². The number of rotatable bonds is 5. The van der Waals surface area contributed by atoms with Crippen LogP contribution in [0.3, 0.4) is 0 Å².